The molecule has 6 nitrogen and oxygen atoms in total. The van der Waals surface area contributed by atoms with E-state index in [0.29, 0.717) is 30.3 Å². The third-order valence-electron chi connectivity index (χ3n) is 4.43. The van der Waals surface area contributed by atoms with Crippen LogP contribution in [0.2, 0.25) is 0 Å². The van der Waals surface area contributed by atoms with Gasteiger partial charge in [-0.1, -0.05) is 6.07 Å². The average molecular weight is 379 g/mol. The maximum absolute atomic E-state index is 14.3. The number of morpholine rings is 1. The molecule has 1 amide bonds. The van der Waals surface area contributed by atoms with Crippen molar-refractivity contribution in [3.8, 4) is 0 Å². The van der Waals surface area contributed by atoms with E-state index >= 15 is 0 Å². The van der Waals surface area contributed by atoms with E-state index in [-0.39, 0.29) is 24.2 Å². The summed E-state index contributed by atoms with van der Waals surface area (Å²) in [6.45, 7) is 1.90. The minimum Gasteiger partial charge on any atom is -0.371 e. The van der Waals surface area contributed by atoms with Gasteiger partial charge in [0.05, 0.1) is 24.6 Å². The molecule has 1 aromatic carbocycles. The van der Waals surface area contributed by atoms with Crippen molar-refractivity contribution in [1.29, 1.82) is 0 Å². The maximum Gasteiger partial charge on any atom is 0.275 e. The van der Waals surface area contributed by atoms with Gasteiger partial charge in [-0.2, -0.15) is 0 Å². The van der Waals surface area contributed by atoms with Gasteiger partial charge in [0.25, 0.3) is 5.91 Å². The van der Waals surface area contributed by atoms with E-state index in [2.05, 4.69) is 20.6 Å². The monoisotopic (exact) mass is 378 g/mol. The fourth-order valence-electron chi connectivity index (χ4n) is 2.87. The predicted octanol–water partition coefficient (Wildman–Crippen LogP) is 2.83. The molecule has 1 aliphatic heterocycles. The molecule has 0 unspecified atom stereocenters. The SMILES string of the molecule is Cl.O=C(Nc1ccc([C@H]2CNCCO2)c(F)c1)c1cnc(C2CC2)cn1. The van der Waals surface area contributed by atoms with Gasteiger partial charge in [0.2, 0.25) is 0 Å². The first-order valence-corrected chi connectivity index (χ1v) is 8.46. The van der Waals surface area contributed by atoms with Crippen LogP contribution in [0.25, 0.3) is 0 Å². The molecule has 1 saturated carbocycles. The first kappa shape index (κ1) is 18.7. The Hall–Kier alpha value is -2.09. The van der Waals surface area contributed by atoms with Crippen LogP contribution in [0.3, 0.4) is 0 Å². The number of hydrogen-bond acceptors (Lipinski definition) is 5. The lowest BCUT2D eigenvalue weighted by atomic mass is 10.1. The molecule has 2 fully saturated rings. The number of carbonyl (C=O) groups excluding carboxylic acids is 1. The van der Waals surface area contributed by atoms with Crippen LogP contribution in [-0.2, 0) is 4.74 Å². The number of anilines is 1. The van der Waals surface area contributed by atoms with Crippen molar-refractivity contribution in [3.05, 3.63) is 53.4 Å². The van der Waals surface area contributed by atoms with Crippen molar-refractivity contribution in [2.45, 2.75) is 24.9 Å². The van der Waals surface area contributed by atoms with Gasteiger partial charge in [-0.25, -0.2) is 9.37 Å². The maximum atomic E-state index is 14.3. The first-order chi connectivity index (χ1) is 12.2. The summed E-state index contributed by atoms with van der Waals surface area (Å²) in [5.74, 6) is -0.318. The first-order valence-electron chi connectivity index (χ1n) is 8.46. The smallest absolute Gasteiger partial charge is 0.275 e. The van der Waals surface area contributed by atoms with Crippen LogP contribution in [0.1, 0.15) is 46.6 Å². The van der Waals surface area contributed by atoms with Gasteiger partial charge in [-0.05, 0) is 25.0 Å². The van der Waals surface area contributed by atoms with Crippen LogP contribution >= 0.6 is 12.4 Å². The molecule has 2 N–H and O–H groups in total. The standard InChI is InChI=1S/C18H19FN4O2.ClH/c19-14-7-12(3-4-13(14)17-10-20-5-6-25-17)23-18(24)16-9-21-15(8-22-16)11-1-2-11;/h3-4,7-9,11,17,20H,1-2,5-6,10H2,(H,23,24);1H/t17-;/m1./s1. The summed E-state index contributed by atoms with van der Waals surface area (Å²) in [5.41, 5.74) is 2.00. The minimum atomic E-state index is -0.405. The Balaban J connectivity index is 0.00000196. The molecule has 0 spiro atoms. The second-order valence-electron chi connectivity index (χ2n) is 6.35. The highest BCUT2D eigenvalue weighted by Gasteiger charge is 2.25. The Bertz CT molecular complexity index is 777. The van der Waals surface area contributed by atoms with E-state index in [1.165, 1.54) is 12.3 Å². The molecule has 138 valence electrons. The van der Waals surface area contributed by atoms with E-state index in [1.54, 1.807) is 18.3 Å². The number of nitrogens with zero attached hydrogens (tertiary/aromatic N) is 2. The summed E-state index contributed by atoms with van der Waals surface area (Å²) in [6, 6.07) is 4.61. The van der Waals surface area contributed by atoms with Gasteiger partial charge >= 0.3 is 0 Å². The summed E-state index contributed by atoms with van der Waals surface area (Å²) in [4.78, 5) is 20.7. The number of ether oxygens (including phenoxy) is 1. The Morgan fingerprint density at radius 3 is 2.73 bits per heavy atom. The zero-order chi connectivity index (χ0) is 17.2. The molecule has 0 bridgehead atoms. The molecule has 1 aliphatic carbocycles. The van der Waals surface area contributed by atoms with E-state index in [0.717, 1.165) is 25.1 Å². The molecule has 0 radical (unpaired) electrons. The highest BCUT2D eigenvalue weighted by atomic mass is 35.5. The zero-order valence-corrected chi connectivity index (χ0v) is 14.9. The third kappa shape index (κ3) is 4.17. The molecule has 2 heterocycles. The fraction of sp³-hybridized carbons (Fsp3) is 0.389. The van der Waals surface area contributed by atoms with E-state index in [4.69, 9.17) is 4.74 Å². The van der Waals surface area contributed by atoms with Crippen molar-refractivity contribution in [2.24, 2.45) is 0 Å². The quantitative estimate of drug-likeness (QED) is 0.855. The Kier molecular flexibility index (Phi) is 5.80. The van der Waals surface area contributed by atoms with Crippen LogP contribution in [-0.4, -0.2) is 35.6 Å². The van der Waals surface area contributed by atoms with Gasteiger partial charge in [-0.3, -0.25) is 9.78 Å². The predicted molar refractivity (Wildman–Crippen MR) is 97.2 cm³/mol. The van der Waals surface area contributed by atoms with Gasteiger partial charge < -0.3 is 15.4 Å². The number of rotatable bonds is 4. The zero-order valence-electron chi connectivity index (χ0n) is 14.1. The van der Waals surface area contributed by atoms with E-state index in [9.17, 15) is 9.18 Å². The van der Waals surface area contributed by atoms with Crippen LogP contribution in [0.15, 0.2) is 30.6 Å². The van der Waals surface area contributed by atoms with Crippen molar-refractivity contribution in [1.82, 2.24) is 15.3 Å². The van der Waals surface area contributed by atoms with Gasteiger partial charge in [0, 0.05) is 36.5 Å². The molecule has 2 aliphatic rings. The van der Waals surface area contributed by atoms with Crippen molar-refractivity contribution < 1.29 is 13.9 Å². The van der Waals surface area contributed by atoms with Gasteiger partial charge in [-0.15, -0.1) is 12.4 Å². The van der Waals surface area contributed by atoms with Gasteiger partial charge in [0.1, 0.15) is 11.5 Å². The lowest BCUT2D eigenvalue weighted by Gasteiger charge is -2.24. The number of benzene rings is 1. The van der Waals surface area contributed by atoms with Gasteiger partial charge in [0.15, 0.2) is 0 Å². The Morgan fingerprint density at radius 1 is 1.27 bits per heavy atom. The molecule has 26 heavy (non-hydrogen) atoms. The average Bonchev–Trinajstić information content (AvgIpc) is 3.48. The number of hydrogen-bond donors (Lipinski definition) is 2. The number of halogens is 2. The second-order valence-corrected chi connectivity index (χ2v) is 6.35. The highest BCUT2D eigenvalue weighted by molar-refractivity contribution is 6.02. The normalized spacial score (nSPS) is 19.5. The fourth-order valence-corrected chi connectivity index (χ4v) is 2.87. The summed E-state index contributed by atoms with van der Waals surface area (Å²) in [5, 5.41) is 5.82. The number of amides is 1. The van der Waals surface area contributed by atoms with Crippen molar-refractivity contribution >= 4 is 24.0 Å². The van der Waals surface area contributed by atoms with Crippen LogP contribution in [0, 0.1) is 5.82 Å². The van der Waals surface area contributed by atoms with E-state index < -0.39 is 11.7 Å². The third-order valence-corrected chi connectivity index (χ3v) is 4.43. The molecule has 8 heteroatoms. The second kappa shape index (κ2) is 8.07. The Morgan fingerprint density at radius 2 is 2.12 bits per heavy atom. The van der Waals surface area contributed by atoms with Crippen LogP contribution < -0.4 is 10.6 Å². The largest absolute Gasteiger partial charge is 0.371 e. The summed E-state index contributed by atoms with van der Waals surface area (Å²) >= 11 is 0. The number of carbonyl (C=O) groups is 1. The number of aromatic nitrogens is 2. The molecular weight excluding hydrogens is 359 g/mol. The molecule has 1 aromatic heterocycles. The van der Waals surface area contributed by atoms with Crippen molar-refractivity contribution in [2.75, 3.05) is 25.0 Å². The Labute approximate surface area is 157 Å². The molecule has 4 rings (SSSR count). The number of nitrogens with one attached hydrogen (secondary N) is 2. The lowest BCUT2D eigenvalue weighted by Crippen LogP contribution is -2.33. The topological polar surface area (TPSA) is 76.1 Å². The molecule has 2 aromatic rings. The summed E-state index contributed by atoms with van der Waals surface area (Å²) in [7, 11) is 0. The molecular formula is C18H20ClFN4O2. The molecule has 1 saturated heterocycles. The molecule has 1 atom stereocenters. The van der Waals surface area contributed by atoms with Crippen molar-refractivity contribution in [3.63, 3.8) is 0 Å². The van der Waals surface area contributed by atoms with Crippen LogP contribution in [0.5, 0.6) is 0 Å². The van der Waals surface area contributed by atoms with E-state index in [1.807, 2.05) is 0 Å². The lowest BCUT2D eigenvalue weighted by molar-refractivity contribution is 0.0255. The summed E-state index contributed by atoms with van der Waals surface area (Å²) in [6.07, 6.45) is 5.07. The summed E-state index contributed by atoms with van der Waals surface area (Å²) < 4.78 is 19.9. The van der Waals surface area contributed by atoms with Crippen LogP contribution in [0.4, 0.5) is 10.1 Å². The minimum absolute atomic E-state index is 0. The highest BCUT2D eigenvalue weighted by Crippen LogP contribution is 2.38.